The molecule has 1 rings (SSSR count). The molecule has 0 aliphatic carbocycles. The van der Waals surface area contributed by atoms with Crippen LogP contribution in [0, 0.1) is 5.41 Å². The fourth-order valence-corrected chi connectivity index (χ4v) is 1.51. The van der Waals surface area contributed by atoms with Crippen LogP contribution in [0.1, 0.15) is 12.5 Å². The molecule has 1 aromatic rings. The fraction of sp³-hybridized carbons (Fsp3) is 0.214. The van der Waals surface area contributed by atoms with Gasteiger partial charge in [-0.3, -0.25) is 9.79 Å². The number of carbonyl (C=O) groups excluding carboxylic acids is 1. The largest absolute Gasteiger partial charge is 0.350 e. The van der Waals surface area contributed by atoms with Crippen LogP contribution in [0.5, 0.6) is 0 Å². The highest BCUT2D eigenvalue weighted by atomic mass is 16.1. The van der Waals surface area contributed by atoms with Gasteiger partial charge in [0.25, 0.3) is 0 Å². The molecule has 0 aliphatic heterocycles. The molecule has 1 aromatic carbocycles. The van der Waals surface area contributed by atoms with E-state index in [0.29, 0.717) is 0 Å². The topological polar surface area (TPSA) is 65.3 Å². The quantitative estimate of drug-likeness (QED) is 0.582. The molecule has 4 nitrogen and oxygen atoms in total. The normalized spacial score (nSPS) is 12.7. The number of nitrogens with zero attached hydrogens (tertiary/aromatic N) is 1. The third-order valence-electron chi connectivity index (χ3n) is 2.25. The Labute approximate surface area is 107 Å². The lowest BCUT2D eigenvalue weighted by molar-refractivity contribution is -0.117. The number of hydrogen-bond acceptors (Lipinski definition) is 3. The van der Waals surface area contributed by atoms with Gasteiger partial charge in [0.05, 0.1) is 0 Å². The highest BCUT2D eigenvalue weighted by Gasteiger charge is 2.05. The molecule has 0 aliphatic rings. The second-order valence-corrected chi connectivity index (χ2v) is 3.88. The maximum Gasteiger partial charge on any atom is 0.245 e. The van der Waals surface area contributed by atoms with E-state index in [-0.39, 0.29) is 11.9 Å². The number of nitrogens with one attached hydrogen (secondary N) is 2. The number of hydrogen-bond donors (Lipinski definition) is 2. The van der Waals surface area contributed by atoms with Crippen molar-refractivity contribution in [1.82, 2.24) is 5.32 Å². The minimum Gasteiger partial charge on any atom is -0.350 e. The van der Waals surface area contributed by atoms with Crippen molar-refractivity contribution in [2.24, 2.45) is 4.99 Å². The fourth-order valence-electron chi connectivity index (χ4n) is 1.51. The molecule has 0 fully saturated rings. The van der Waals surface area contributed by atoms with Gasteiger partial charge in [0.2, 0.25) is 5.91 Å². The first kappa shape index (κ1) is 13.8. The molecular weight excluding hydrogens is 226 g/mol. The Morgan fingerprint density at radius 2 is 2.17 bits per heavy atom. The lowest BCUT2D eigenvalue weighted by Crippen LogP contribution is -2.32. The lowest BCUT2D eigenvalue weighted by Gasteiger charge is -2.12. The van der Waals surface area contributed by atoms with Crippen molar-refractivity contribution in [2.75, 3.05) is 0 Å². The van der Waals surface area contributed by atoms with Crippen molar-refractivity contribution < 1.29 is 4.79 Å². The molecule has 1 amide bonds. The Hall–Kier alpha value is -2.23. The van der Waals surface area contributed by atoms with Gasteiger partial charge in [-0.15, -0.1) is 0 Å². The van der Waals surface area contributed by atoms with Crippen LogP contribution in [0.2, 0.25) is 0 Å². The Morgan fingerprint density at radius 1 is 1.44 bits per heavy atom. The van der Waals surface area contributed by atoms with E-state index in [0.717, 1.165) is 12.6 Å². The van der Waals surface area contributed by atoms with Gasteiger partial charge in [-0.25, -0.2) is 0 Å². The summed E-state index contributed by atoms with van der Waals surface area (Å²) in [5.74, 6) is -0.180. The molecule has 2 N–H and O–H groups in total. The zero-order valence-electron chi connectivity index (χ0n) is 10.3. The SMILES string of the molecule is C[C@H](Cc1ccccc1)NC(=O)/C=C/N=CC=N. The molecule has 0 bridgehead atoms. The van der Waals surface area contributed by atoms with Gasteiger partial charge in [0.15, 0.2) is 0 Å². The summed E-state index contributed by atoms with van der Waals surface area (Å²) in [5, 5.41) is 9.57. The van der Waals surface area contributed by atoms with Crippen LogP contribution in [-0.2, 0) is 11.2 Å². The van der Waals surface area contributed by atoms with E-state index in [1.807, 2.05) is 37.3 Å². The first-order chi connectivity index (χ1) is 8.72. The summed E-state index contributed by atoms with van der Waals surface area (Å²) in [4.78, 5) is 15.2. The van der Waals surface area contributed by atoms with Gasteiger partial charge in [-0.2, -0.15) is 0 Å². The molecule has 94 valence electrons. The van der Waals surface area contributed by atoms with Gasteiger partial charge < -0.3 is 10.7 Å². The third kappa shape index (κ3) is 5.75. The maximum atomic E-state index is 11.5. The summed E-state index contributed by atoms with van der Waals surface area (Å²) >= 11 is 0. The van der Waals surface area contributed by atoms with Crippen molar-refractivity contribution in [3.05, 3.63) is 48.2 Å². The molecule has 18 heavy (non-hydrogen) atoms. The highest BCUT2D eigenvalue weighted by molar-refractivity contribution is 6.14. The highest BCUT2D eigenvalue weighted by Crippen LogP contribution is 2.02. The number of carbonyl (C=O) groups is 1. The van der Waals surface area contributed by atoms with Gasteiger partial charge >= 0.3 is 0 Å². The van der Waals surface area contributed by atoms with E-state index in [9.17, 15) is 4.79 Å². The van der Waals surface area contributed by atoms with Gasteiger partial charge in [0, 0.05) is 30.7 Å². The van der Waals surface area contributed by atoms with Crippen LogP contribution < -0.4 is 5.32 Å². The summed E-state index contributed by atoms with van der Waals surface area (Å²) in [6.45, 7) is 1.96. The number of benzene rings is 1. The van der Waals surface area contributed by atoms with E-state index in [4.69, 9.17) is 5.41 Å². The molecular formula is C14H17N3O. The summed E-state index contributed by atoms with van der Waals surface area (Å²) < 4.78 is 0. The maximum absolute atomic E-state index is 11.5. The van der Waals surface area contributed by atoms with Crippen molar-refractivity contribution in [1.29, 1.82) is 5.41 Å². The summed E-state index contributed by atoms with van der Waals surface area (Å²) in [6.07, 6.45) is 5.87. The van der Waals surface area contributed by atoms with Gasteiger partial charge in [-0.1, -0.05) is 30.3 Å². The monoisotopic (exact) mass is 243 g/mol. The van der Waals surface area contributed by atoms with Crippen molar-refractivity contribution in [2.45, 2.75) is 19.4 Å². The van der Waals surface area contributed by atoms with Crippen molar-refractivity contribution in [3.63, 3.8) is 0 Å². The molecule has 1 atom stereocenters. The Morgan fingerprint density at radius 3 is 2.83 bits per heavy atom. The molecule has 0 unspecified atom stereocenters. The molecule has 0 spiro atoms. The van der Waals surface area contributed by atoms with Gasteiger partial charge in [0.1, 0.15) is 0 Å². The summed E-state index contributed by atoms with van der Waals surface area (Å²) in [6, 6.07) is 10.1. The van der Waals surface area contributed by atoms with E-state index in [2.05, 4.69) is 10.3 Å². The molecule has 4 heteroatoms. The van der Waals surface area contributed by atoms with Crippen LogP contribution in [0.25, 0.3) is 0 Å². The predicted octanol–water partition coefficient (Wildman–Crippen LogP) is 1.97. The Bertz CT molecular complexity index is 438. The minimum absolute atomic E-state index is 0.0660. The Kier molecular flexibility index (Phi) is 6.11. The summed E-state index contributed by atoms with van der Waals surface area (Å²) in [5.41, 5.74) is 1.19. The lowest BCUT2D eigenvalue weighted by atomic mass is 10.1. The van der Waals surface area contributed by atoms with Crippen molar-refractivity contribution in [3.8, 4) is 0 Å². The molecule has 0 radical (unpaired) electrons. The molecule has 0 aromatic heterocycles. The van der Waals surface area contributed by atoms with E-state index in [1.54, 1.807) is 0 Å². The van der Waals surface area contributed by atoms with Crippen LogP contribution >= 0.6 is 0 Å². The van der Waals surface area contributed by atoms with Crippen LogP contribution in [0.3, 0.4) is 0 Å². The second kappa shape index (κ2) is 7.95. The smallest absolute Gasteiger partial charge is 0.245 e. The Balaban J connectivity index is 2.38. The van der Waals surface area contributed by atoms with E-state index in [1.165, 1.54) is 24.1 Å². The predicted molar refractivity (Wildman–Crippen MR) is 74.2 cm³/mol. The van der Waals surface area contributed by atoms with Crippen LogP contribution in [-0.4, -0.2) is 24.4 Å². The second-order valence-electron chi connectivity index (χ2n) is 3.88. The van der Waals surface area contributed by atoms with Crippen LogP contribution in [0.4, 0.5) is 0 Å². The average Bonchev–Trinajstić information content (AvgIpc) is 2.35. The van der Waals surface area contributed by atoms with E-state index < -0.39 is 0 Å². The summed E-state index contributed by atoms with van der Waals surface area (Å²) in [7, 11) is 0. The first-order valence-corrected chi connectivity index (χ1v) is 5.75. The van der Waals surface area contributed by atoms with E-state index >= 15 is 0 Å². The first-order valence-electron chi connectivity index (χ1n) is 5.75. The number of rotatable bonds is 6. The average molecular weight is 243 g/mol. The number of amides is 1. The molecule has 0 saturated carbocycles. The van der Waals surface area contributed by atoms with Crippen LogP contribution in [0.15, 0.2) is 47.6 Å². The zero-order valence-corrected chi connectivity index (χ0v) is 10.3. The molecule has 0 heterocycles. The van der Waals surface area contributed by atoms with Crippen molar-refractivity contribution >= 4 is 18.3 Å². The third-order valence-corrected chi connectivity index (χ3v) is 2.25. The number of aliphatic imine (C=N–C) groups is 1. The minimum atomic E-state index is -0.180. The zero-order chi connectivity index (χ0) is 13.2. The molecule has 0 saturated heterocycles. The standard InChI is InChI=1S/C14H17N3O/c1-12(11-13-5-3-2-4-6-13)17-14(18)7-9-16-10-8-15/h2-10,12,15H,11H2,1H3,(H,17,18)/b9-7+,15-8?,16-10?/t12-/m1/s1. The van der Waals surface area contributed by atoms with Gasteiger partial charge in [-0.05, 0) is 18.9 Å².